The van der Waals surface area contributed by atoms with Gasteiger partial charge >= 0.3 is 6.09 Å². The van der Waals surface area contributed by atoms with Gasteiger partial charge in [0, 0.05) is 5.75 Å². The standard InChI is InChI=1S/C7H9N5O2S/c13-7(14)11-6-10-5(2-15-6)1-12-4-8-3-9-12/h3-5H,1-2H2,(H,10,11)(H,13,14). The lowest BCUT2D eigenvalue weighted by Gasteiger charge is -2.03. The van der Waals surface area contributed by atoms with Crippen LogP contribution in [-0.4, -0.2) is 42.9 Å². The molecule has 2 N–H and O–H groups in total. The molecule has 2 rings (SSSR count). The van der Waals surface area contributed by atoms with E-state index in [9.17, 15) is 4.79 Å². The van der Waals surface area contributed by atoms with Crippen molar-refractivity contribution in [2.45, 2.75) is 12.6 Å². The third kappa shape index (κ3) is 2.69. The van der Waals surface area contributed by atoms with Gasteiger partial charge in [0.05, 0.1) is 12.6 Å². The smallest absolute Gasteiger partial charge is 0.410 e. The van der Waals surface area contributed by atoms with E-state index in [2.05, 4.69) is 20.4 Å². The van der Waals surface area contributed by atoms with Crippen LogP contribution in [0.25, 0.3) is 0 Å². The molecule has 0 saturated heterocycles. The van der Waals surface area contributed by atoms with Gasteiger partial charge in [-0.05, 0) is 0 Å². The molecule has 1 aliphatic heterocycles. The summed E-state index contributed by atoms with van der Waals surface area (Å²) in [5.74, 6) is 0.759. The highest BCUT2D eigenvalue weighted by Crippen LogP contribution is 2.17. The fourth-order valence-corrected chi connectivity index (χ4v) is 2.13. The molecule has 0 bridgehead atoms. The normalized spacial score (nSPS) is 20.0. The Balaban J connectivity index is 1.91. The van der Waals surface area contributed by atoms with E-state index in [4.69, 9.17) is 5.11 Å². The summed E-state index contributed by atoms with van der Waals surface area (Å²) in [6, 6.07) is 0.0542. The summed E-state index contributed by atoms with van der Waals surface area (Å²) in [6.07, 6.45) is 1.99. The first-order valence-corrected chi connectivity index (χ1v) is 5.25. The first-order valence-electron chi connectivity index (χ1n) is 4.27. The monoisotopic (exact) mass is 227 g/mol. The highest BCUT2D eigenvalue weighted by atomic mass is 32.2. The molecule has 2 heterocycles. The lowest BCUT2D eigenvalue weighted by atomic mass is 10.3. The Morgan fingerprint density at radius 3 is 3.33 bits per heavy atom. The summed E-state index contributed by atoms with van der Waals surface area (Å²) in [5, 5.41) is 15.1. The summed E-state index contributed by atoms with van der Waals surface area (Å²) in [7, 11) is 0. The number of thioether (sulfide) groups is 1. The number of hydrogen-bond acceptors (Lipinski definition) is 5. The van der Waals surface area contributed by atoms with Gasteiger partial charge in [0.15, 0.2) is 5.17 Å². The molecule has 1 aliphatic rings. The molecule has 7 nitrogen and oxygen atoms in total. The Labute approximate surface area is 89.6 Å². The van der Waals surface area contributed by atoms with Crippen LogP contribution in [0.2, 0.25) is 0 Å². The molecule has 8 heteroatoms. The van der Waals surface area contributed by atoms with E-state index in [0.29, 0.717) is 11.7 Å². The van der Waals surface area contributed by atoms with Crippen LogP contribution in [0.15, 0.2) is 17.6 Å². The van der Waals surface area contributed by atoms with Crippen molar-refractivity contribution in [2.75, 3.05) is 5.75 Å². The molecule has 1 aromatic heterocycles. The SMILES string of the molecule is O=C(O)NC1=NC(Cn2cncn2)CS1. The van der Waals surface area contributed by atoms with Crippen molar-refractivity contribution in [3.8, 4) is 0 Å². The van der Waals surface area contributed by atoms with E-state index in [0.717, 1.165) is 5.75 Å². The van der Waals surface area contributed by atoms with Crippen LogP contribution in [-0.2, 0) is 6.54 Å². The van der Waals surface area contributed by atoms with Crippen molar-refractivity contribution in [2.24, 2.45) is 4.99 Å². The van der Waals surface area contributed by atoms with Crippen LogP contribution in [0.3, 0.4) is 0 Å². The molecule has 0 aromatic carbocycles. The first-order chi connectivity index (χ1) is 7.24. The van der Waals surface area contributed by atoms with Gasteiger partial charge in [0.1, 0.15) is 12.7 Å². The molecular formula is C7H9N5O2S. The van der Waals surface area contributed by atoms with Gasteiger partial charge in [-0.2, -0.15) is 5.10 Å². The van der Waals surface area contributed by atoms with Crippen molar-refractivity contribution in [1.82, 2.24) is 20.1 Å². The van der Waals surface area contributed by atoms with E-state index in [1.165, 1.54) is 18.1 Å². The number of carboxylic acid groups (broad SMARTS) is 1. The number of aliphatic imine (C=N–C) groups is 1. The van der Waals surface area contributed by atoms with Crippen LogP contribution in [0.5, 0.6) is 0 Å². The predicted octanol–water partition coefficient (Wildman–Crippen LogP) is 0.0171. The van der Waals surface area contributed by atoms with Crippen LogP contribution in [0, 0.1) is 0 Å². The minimum atomic E-state index is -1.08. The summed E-state index contributed by atoms with van der Waals surface area (Å²) >= 11 is 1.40. The zero-order valence-corrected chi connectivity index (χ0v) is 8.52. The van der Waals surface area contributed by atoms with E-state index in [1.807, 2.05) is 0 Å². The highest BCUT2D eigenvalue weighted by Gasteiger charge is 2.19. The third-order valence-corrected chi connectivity index (χ3v) is 2.82. The van der Waals surface area contributed by atoms with Crippen molar-refractivity contribution in [3.63, 3.8) is 0 Å². The highest BCUT2D eigenvalue weighted by molar-refractivity contribution is 8.14. The lowest BCUT2D eigenvalue weighted by Crippen LogP contribution is -2.25. The molecular weight excluding hydrogens is 218 g/mol. The molecule has 1 atom stereocenters. The van der Waals surface area contributed by atoms with E-state index >= 15 is 0 Å². The van der Waals surface area contributed by atoms with E-state index < -0.39 is 6.09 Å². The quantitative estimate of drug-likeness (QED) is 0.742. The number of carbonyl (C=O) groups is 1. The molecule has 0 fully saturated rings. The summed E-state index contributed by atoms with van der Waals surface area (Å²) in [6.45, 7) is 0.623. The van der Waals surface area contributed by atoms with Crippen LogP contribution >= 0.6 is 11.8 Å². The summed E-state index contributed by atoms with van der Waals surface area (Å²) in [4.78, 5) is 18.4. The van der Waals surface area contributed by atoms with E-state index in [1.54, 1.807) is 11.0 Å². The number of hydrogen-bond donors (Lipinski definition) is 2. The second-order valence-corrected chi connectivity index (χ2v) is 3.96. The fraction of sp³-hybridized carbons (Fsp3) is 0.429. The van der Waals surface area contributed by atoms with Crippen molar-refractivity contribution >= 4 is 23.0 Å². The minimum absolute atomic E-state index is 0.0542. The van der Waals surface area contributed by atoms with E-state index in [-0.39, 0.29) is 6.04 Å². The van der Waals surface area contributed by atoms with Gasteiger partial charge in [-0.3, -0.25) is 15.0 Å². The average Bonchev–Trinajstić information content (AvgIpc) is 2.77. The van der Waals surface area contributed by atoms with Crippen LogP contribution in [0.1, 0.15) is 0 Å². The van der Waals surface area contributed by atoms with Crippen molar-refractivity contribution < 1.29 is 9.90 Å². The number of aromatic nitrogens is 3. The number of amides is 1. The fourth-order valence-electron chi connectivity index (χ4n) is 1.21. The summed E-state index contributed by atoms with van der Waals surface area (Å²) in [5.41, 5.74) is 0. The van der Waals surface area contributed by atoms with Gasteiger partial charge in [0.2, 0.25) is 0 Å². The topological polar surface area (TPSA) is 92.4 Å². The number of nitrogens with zero attached hydrogens (tertiary/aromatic N) is 4. The Kier molecular flexibility index (Phi) is 2.86. The minimum Gasteiger partial charge on any atom is -0.465 e. The zero-order chi connectivity index (χ0) is 10.7. The number of amidine groups is 1. The molecule has 0 aliphatic carbocycles. The van der Waals surface area contributed by atoms with Crippen LogP contribution < -0.4 is 5.32 Å². The number of nitrogens with one attached hydrogen (secondary N) is 1. The maximum atomic E-state index is 10.3. The average molecular weight is 227 g/mol. The largest absolute Gasteiger partial charge is 0.465 e. The Morgan fingerprint density at radius 1 is 1.80 bits per heavy atom. The predicted molar refractivity (Wildman–Crippen MR) is 54.9 cm³/mol. The van der Waals surface area contributed by atoms with Crippen molar-refractivity contribution in [3.05, 3.63) is 12.7 Å². The van der Waals surface area contributed by atoms with Gasteiger partial charge < -0.3 is 5.11 Å². The maximum absolute atomic E-state index is 10.3. The van der Waals surface area contributed by atoms with Crippen molar-refractivity contribution in [1.29, 1.82) is 0 Å². The zero-order valence-electron chi connectivity index (χ0n) is 7.70. The van der Waals surface area contributed by atoms with Crippen LogP contribution in [0.4, 0.5) is 4.79 Å². The van der Waals surface area contributed by atoms with Gasteiger partial charge in [-0.1, -0.05) is 11.8 Å². The maximum Gasteiger partial charge on any atom is 0.410 e. The molecule has 1 aromatic rings. The molecule has 1 amide bonds. The number of rotatable bonds is 2. The Morgan fingerprint density at radius 2 is 2.67 bits per heavy atom. The molecule has 0 saturated carbocycles. The molecule has 0 radical (unpaired) electrons. The van der Waals surface area contributed by atoms with Gasteiger partial charge in [0.25, 0.3) is 0 Å². The van der Waals surface area contributed by atoms with Gasteiger partial charge in [-0.25, -0.2) is 9.78 Å². The Hall–Kier alpha value is -1.57. The summed E-state index contributed by atoms with van der Waals surface area (Å²) < 4.78 is 1.68. The second-order valence-electron chi connectivity index (χ2n) is 2.95. The molecule has 1 unspecified atom stereocenters. The molecule has 15 heavy (non-hydrogen) atoms. The Bertz CT molecular complexity index is 377. The molecule has 80 valence electrons. The second kappa shape index (κ2) is 4.30. The third-order valence-electron chi connectivity index (χ3n) is 1.79. The van der Waals surface area contributed by atoms with Gasteiger partial charge in [-0.15, -0.1) is 0 Å². The molecule has 0 spiro atoms. The lowest BCUT2D eigenvalue weighted by molar-refractivity contribution is 0.200. The first kappa shape index (κ1) is 9.97.